The normalized spacial score (nSPS) is 24.4. The second-order valence-electron chi connectivity index (χ2n) is 18.2. The van der Waals surface area contributed by atoms with Gasteiger partial charge >= 0.3 is 0 Å². The minimum Gasteiger partial charge on any atom is -0.506 e. The molecule has 2 heterocycles. The highest BCUT2D eigenvalue weighted by Crippen LogP contribution is 2.49. The van der Waals surface area contributed by atoms with Crippen molar-refractivity contribution >= 4 is 22.6 Å². The fourth-order valence-electron chi connectivity index (χ4n) is 9.43. The first kappa shape index (κ1) is 50.5. The van der Waals surface area contributed by atoms with Crippen LogP contribution < -0.4 is 0 Å². The summed E-state index contributed by atoms with van der Waals surface area (Å²) in [7, 11) is 0. The molecule has 9 rings (SSSR count). The van der Waals surface area contributed by atoms with Gasteiger partial charge in [0.15, 0.2) is 0 Å². The fourth-order valence-corrected chi connectivity index (χ4v) is 10.1. The zero-order valence-electron chi connectivity index (χ0n) is 40.0. The van der Waals surface area contributed by atoms with Crippen molar-refractivity contribution in [1.29, 1.82) is 0 Å². The Hall–Kier alpha value is -5.45. The van der Waals surface area contributed by atoms with Crippen LogP contribution in [0.1, 0.15) is 70.6 Å². The zero-order valence-corrected chi connectivity index (χ0v) is 42.1. The molecule has 0 spiro atoms. The van der Waals surface area contributed by atoms with Crippen LogP contribution in [-0.4, -0.2) is 59.0 Å². The van der Waals surface area contributed by atoms with Crippen LogP contribution >= 0.6 is 22.6 Å². The van der Waals surface area contributed by atoms with Gasteiger partial charge in [-0.15, -0.1) is 0 Å². The molecule has 10 atom stereocenters. The van der Waals surface area contributed by atoms with E-state index < -0.39 is 61.0 Å². The first-order valence-corrected chi connectivity index (χ1v) is 25.4. The summed E-state index contributed by atoms with van der Waals surface area (Å²) < 4.78 is 55.6. The molecule has 2 aliphatic heterocycles. The SMILES string of the molecule is C[C@@H]1O[C@H](c2cc([C@H]3O[C@@H](C)[C@@H](OCc4ccccc4)[C@@H](OCc4ccccc4)[C@@H]3OCc3ccccc3)c(O)c(I)c2O)[C@@H](OCc2ccccc2)[C@H](OCc2ccccc2)[C@@H]1OCc1ccccc1. The zero-order chi connectivity index (χ0) is 48.9. The number of hydrogen-bond acceptors (Lipinski definition) is 10. The Balaban J connectivity index is 1.12. The smallest absolute Gasteiger partial charge is 0.138 e. The third-order valence-electron chi connectivity index (χ3n) is 13.1. The highest BCUT2D eigenvalue weighted by Gasteiger charge is 2.51. The van der Waals surface area contributed by atoms with Gasteiger partial charge in [-0.05, 0) is 75.9 Å². The molecular formula is C60H61IO10. The third-order valence-corrected chi connectivity index (χ3v) is 14.2. The second-order valence-corrected chi connectivity index (χ2v) is 19.2. The van der Waals surface area contributed by atoms with Crippen molar-refractivity contribution in [2.24, 2.45) is 0 Å². The van der Waals surface area contributed by atoms with Gasteiger partial charge in [-0.1, -0.05) is 182 Å². The number of phenolic OH excluding ortho intramolecular Hbond substituents is 2. The van der Waals surface area contributed by atoms with Crippen LogP contribution in [0.25, 0.3) is 0 Å². The fraction of sp³-hybridized carbons (Fsp3) is 0.300. The molecule has 0 amide bonds. The summed E-state index contributed by atoms with van der Waals surface area (Å²) in [5.74, 6) is -0.288. The monoisotopic (exact) mass is 1070 g/mol. The van der Waals surface area contributed by atoms with Crippen molar-refractivity contribution in [2.45, 2.75) is 115 Å². The van der Waals surface area contributed by atoms with Gasteiger partial charge < -0.3 is 48.1 Å². The number of aromatic hydroxyl groups is 2. The van der Waals surface area contributed by atoms with Crippen LogP contribution in [0, 0.1) is 3.57 Å². The third kappa shape index (κ3) is 12.8. The van der Waals surface area contributed by atoms with Gasteiger partial charge in [-0.3, -0.25) is 0 Å². The molecular weight excluding hydrogens is 1010 g/mol. The van der Waals surface area contributed by atoms with E-state index in [9.17, 15) is 10.2 Å². The van der Waals surface area contributed by atoms with E-state index in [1.54, 1.807) is 6.07 Å². The van der Waals surface area contributed by atoms with E-state index in [2.05, 4.69) is 0 Å². The van der Waals surface area contributed by atoms with Crippen molar-refractivity contribution in [3.05, 3.63) is 236 Å². The summed E-state index contributed by atoms with van der Waals surface area (Å²) in [5.41, 5.74) is 6.66. The lowest BCUT2D eigenvalue weighted by atomic mass is 9.86. The summed E-state index contributed by atoms with van der Waals surface area (Å²) in [6.45, 7) is 5.56. The molecule has 0 bridgehead atoms. The number of ether oxygens (including phenoxy) is 8. The highest BCUT2D eigenvalue weighted by molar-refractivity contribution is 14.1. The van der Waals surface area contributed by atoms with E-state index in [0.29, 0.717) is 24.3 Å². The molecule has 2 saturated heterocycles. The number of benzene rings is 7. The maximum atomic E-state index is 12.3. The van der Waals surface area contributed by atoms with Crippen molar-refractivity contribution in [3.8, 4) is 11.5 Å². The molecule has 0 aromatic heterocycles. The Morgan fingerprint density at radius 1 is 0.352 bits per heavy atom. The summed E-state index contributed by atoms with van der Waals surface area (Å²) in [4.78, 5) is 0. The standard InChI is InChI=1S/C60H61IO10/c1-40-53(64-34-42-21-9-3-10-22-42)57(66-36-44-25-13-5-14-26-44)59(68-38-46-29-17-7-18-30-46)55(70-40)48-33-49(52(63)50(61)51(48)62)56-60(69-39-47-31-19-8-20-32-47)58(67-37-45-27-15-6-16-28-45)54(41(2)71-56)65-35-43-23-11-4-12-24-43/h3-33,40-41,53-60,62-63H,34-39H2,1-2H3/t40-,41-,53+,54+,55+,56+,57+,58+,59+,60+/m0/s1. The van der Waals surface area contributed by atoms with E-state index in [1.165, 1.54) is 0 Å². The Morgan fingerprint density at radius 2 is 0.577 bits per heavy atom. The Labute approximate surface area is 430 Å². The van der Waals surface area contributed by atoms with Crippen LogP contribution in [-0.2, 0) is 77.5 Å². The van der Waals surface area contributed by atoms with E-state index in [4.69, 9.17) is 37.9 Å². The average molecular weight is 1070 g/mol. The lowest BCUT2D eigenvalue weighted by Gasteiger charge is -2.47. The Bertz CT molecular complexity index is 2500. The molecule has 0 saturated carbocycles. The van der Waals surface area contributed by atoms with E-state index >= 15 is 0 Å². The molecule has 2 N–H and O–H groups in total. The van der Waals surface area contributed by atoms with Gasteiger partial charge in [-0.25, -0.2) is 0 Å². The van der Waals surface area contributed by atoms with Crippen molar-refractivity contribution in [2.75, 3.05) is 0 Å². The highest BCUT2D eigenvalue weighted by atomic mass is 127. The van der Waals surface area contributed by atoms with E-state index in [0.717, 1.165) is 33.4 Å². The summed E-state index contributed by atoms with van der Waals surface area (Å²) in [6, 6.07) is 61.6. The van der Waals surface area contributed by atoms with Crippen LogP contribution in [0.3, 0.4) is 0 Å². The van der Waals surface area contributed by atoms with Gasteiger partial charge in [0.1, 0.15) is 60.3 Å². The Kier molecular flexibility index (Phi) is 17.6. The maximum Gasteiger partial charge on any atom is 0.138 e. The molecule has 0 radical (unpaired) electrons. The summed E-state index contributed by atoms with van der Waals surface area (Å²) >= 11 is 2.00. The molecule has 368 valence electrons. The average Bonchev–Trinajstić information content (AvgIpc) is 3.41. The van der Waals surface area contributed by atoms with Crippen molar-refractivity contribution in [3.63, 3.8) is 0 Å². The van der Waals surface area contributed by atoms with Crippen molar-refractivity contribution in [1.82, 2.24) is 0 Å². The molecule has 2 fully saturated rings. The molecule has 7 aromatic rings. The molecule has 2 aliphatic rings. The first-order chi connectivity index (χ1) is 34.8. The number of phenols is 2. The van der Waals surface area contributed by atoms with Crippen LogP contribution in [0.2, 0.25) is 0 Å². The van der Waals surface area contributed by atoms with Crippen LogP contribution in [0.4, 0.5) is 0 Å². The quantitative estimate of drug-likeness (QED) is 0.0715. The predicted molar refractivity (Wildman–Crippen MR) is 279 cm³/mol. The maximum absolute atomic E-state index is 12.3. The van der Waals surface area contributed by atoms with Gasteiger partial charge in [0, 0.05) is 11.1 Å². The Morgan fingerprint density at radius 3 is 0.831 bits per heavy atom. The summed E-state index contributed by atoms with van der Waals surface area (Å²) in [5, 5.41) is 24.6. The van der Waals surface area contributed by atoms with Gasteiger partial charge in [0.2, 0.25) is 0 Å². The molecule has 10 nitrogen and oxygen atoms in total. The van der Waals surface area contributed by atoms with Gasteiger partial charge in [0.05, 0.1) is 55.4 Å². The predicted octanol–water partition coefficient (Wildman–Crippen LogP) is 12.1. The van der Waals surface area contributed by atoms with E-state index in [1.807, 2.05) is 218 Å². The lowest BCUT2D eigenvalue weighted by Crippen LogP contribution is -2.56. The molecule has 0 aliphatic carbocycles. The molecule has 71 heavy (non-hydrogen) atoms. The second kappa shape index (κ2) is 24.8. The topological polar surface area (TPSA) is 114 Å². The number of hydrogen-bond donors (Lipinski definition) is 2. The molecule has 7 aromatic carbocycles. The molecule has 0 unspecified atom stereocenters. The number of rotatable bonds is 20. The first-order valence-electron chi connectivity index (χ1n) is 24.3. The minimum atomic E-state index is -0.907. The van der Waals surface area contributed by atoms with Gasteiger partial charge in [0.25, 0.3) is 0 Å². The lowest BCUT2D eigenvalue weighted by molar-refractivity contribution is -0.265. The minimum absolute atomic E-state index is 0.144. The number of halogens is 1. The van der Waals surface area contributed by atoms with Crippen molar-refractivity contribution < 1.29 is 48.1 Å². The summed E-state index contributed by atoms with van der Waals surface area (Å²) in [6.07, 6.45) is -7.05. The largest absolute Gasteiger partial charge is 0.506 e. The van der Waals surface area contributed by atoms with Gasteiger partial charge in [-0.2, -0.15) is 0 Å². The van der Waals surface area contributed by atoms with E-state index in [-0.39, 0.29) is 41.5 Å². The van der Waals surface area contributed by atoms with Crippen LogP contribution in [0.15, 0.2) is 188 Å². The molecule has 11 heteroatoms. The van der Waals surface area contributed by atoms with Crippen LogP contribution in [0.5, 0.6) is 11.5 Å².